The van der Waals surface area contributed by atoms with Crippen molar-refractivity contribution in [2.45, 2.75) is 32.4 Å². The van der Waals surface area contributed by atoms with Crippen LogP contribution >= 0.6 is 0 Å². The standard InChI is InChI=1S/C17H25F3N4/c1-12(2)14-4-3-5-15(8-14)23-16(21)22-9-13-6-7-24(10-13)11-17(18,19)20/h3-5,8,12-13H,6-7,9-11H2,1-2H3,(H3,21,22,23). The summed E-state index contributed by atoms with van der Waals surface area (Å²) in [5, 5.41) is 3.04. The van der Waals surface area contributed by atoms with Gasteiger partial charge in [-0.2, -0.15) is 13.2 Å². The normalized spacial score (nSPS) is 19.9. The lowest BCUT2D eigenvalue weighted by Crippen LogP contribution is -2.32. The molecule has 1 aliphatic rings. The minimum atomic E-state index is -4.14. The van der Waals surface area contributed by atoms with Crippen LogP contribution in [0.5, 0.6) is 0 Å². The van der Waals surface area contributed by atoms with Crippen LogP contribution in [0, 0.1) is 5.92 Å². The van der Waals surface area contributed by atoms with Crippen LogP contribution in [0.1, 0.15) is 31.7 Å². The van der Waals surface area contributed by atoms with Crippen LogP contribution in [0.25, 0.3) is 0 Å². The van der Waals surface area contributed by atoms with Crippen molar-refractivity contribution in [2.24, 2.45) is 16.6 Å². The van der Waals surface area contributed by atoms with Crippen LogP contribution in [0.15, 0.2) is 29.3 Å². The third-order valence-corrected chi connectivity index (χ3v) is 4.12. The first kappa shape index (κ1) is 18.6. The van der Waals surface area contributed by atoms with Gasteiger partial charge in [-0.25, -0.2) is 0 Å². The van der Waals surface area contributed by atoms with E-state index in [-0.39, 0.29) is 5.92 Å². The summed E-state index contributed by atoms with van der Waals surface area (Å²) in [6, 6.07) is 7.94. The second-order valence-corrected chi connectivity index (χ2v) is 6.64. The van der Waals surface area contributed by atoms with Gasteiger partial charge in [-0.05, 0) is 42.5 Å². The van der Waals surface area contributed by atoms with Crippen molar-refractivity contribution in [3.8, 4) is 0 Å². The zero-order valence-electron chi connectivity index (χ0n) is 14.1. The summed E-state index contributed by atoms with van der Waals surface area (Å²) >= 11 is 0. The summed E-state index contributed by atoms with van der Waals surface area (Å²) in [6.45, 7) is 4.70. The maximum Gasteiger partial charge on any atom is 0.401 e. The van der Waals surface area contributed by atoms with Crippen LogP contribution in [0.3, 0.4) is 0 Å². The number of guanidine groups is 1. The molecule has 7 heteroatoms. The maximum absolute atomic E-state index is 12.4. The van der Waals surface area contributed by atoms with Gasteiger partial charge >= 0.3 is 6.18 Å². The Morgan fingerprint density at radius 3 is 2.83 bits per heavy atom. The van der Waals surface area contributed by atoms with Gasteiger partial charge in [-0.3, -0.25) is 9.89 Å². The number of rotatable bonds is 5. The van der Waals surface area contributed by atoms with Gasteiger partial charge in [0.05, 0.1) is 6.54 Å². The number of nitrogens with two attached hydrogens (primary N) is 1. The summed E-state index contributed by atoms with van der Waals surface area (Å²) in [5.74, 6) is 0.836. The van der Waals surface area contributed by atoms with E-state index >= 15 is 0 Å². The number of benzene rings is 1. The van der Waals surface area contributed by atoms with Crippen molar-refractivity contribution in [2.75, 3.05) is 31.5 Å². The molecule has 1 aromatic rings. The SMILES string of the molecule is CC(C)c1cccc(NC(N)=NCC2CCN(CC(F)(F)F)C2)c1. The van der Waals surface area contributed by atoms with E-state index in [1.54, 1.807) is 0 Å². The topological polar surface area (TPSA) is 53.6 Å². The average molecular weight is 342 g/mol. The fourth-order valence-electron chi connectivity index (χ4n) is 2.85. The van der Waals surface area contributed by atoms with Gasteiger partial charge in [0.25, 0.3) is 0 Å². The average Bonchev–Trinajstić information content (AvgIpc) is 2.91. The van der Waals surface area contributed by atoms with E-state index in [4.69, 9.17) is 5.73 Å². The molecule has 1 unspecified atom stereocenters. The molecule has 1 heterocycles. The second kappa shape index (κ2) is 7.88. The molecule has 1 saturated heterocycles. The van der Waals surface area contributed by atoms with Gasteiger partial charge in [0.1, 0.15) is 0 Å². The first-order chi connectivity index (χ1) is 11.2. The zero-order valence-corrected chi connectivity index (χ0v) is 14.1. The molecule has 0 bridgehead atoms. The Bertz CT molecular complexity index is 569. The predicted molar refractivity (Wildman–Crippen MR) is 91.2 cm³/mol. The Morgan fingerprint density at radius 2 is 2.17 bits per heavy atom. The highest BCUT2D eigenvalue weighted by molar-refractivity contribution is 5.92. The summed E-state index contributed by atoms with van der Waals surface area (Å²) in [6.07, 6.45) is -3.42. The monoisotopic (exact) mass is 342 g/mol. The van der Waals surface area contributed by atoms with Crippen molar-refractivity contribution < 1.29 is 13.2 Å². The molecule has 4 nitrogen and oxygen atoms in total. The van der Waals surface area contributed by atoms with E-state index < -0.39 is 12.7 Å². The molecule has 1 fully saturated rings. The third kappa shape index (κ3) is 6.03. The van der Waals surface area contributed by atoms with Crippen molar-refractivity contribution >= 4 is 11.6 Å². The molecule has 0 aliphatic carbocycles. The second-order valence-electron chi connectivity index (χ2n) is 6.64. The summed E-state index contributed by atoms with van der Waals surface area (Å²) in [5.41, 5.74) is 7.96. The number of hydrogen-bond donors (Lipinski definition) is 2. The summed E-state index contributed by atoms with van der Waals surface area (Å²) < 4.78 is 37.1. The Balaban J connectivity index is 1.83. The van der Waals surface area contributed by atoms with Crippen LogP contribution < -0.4 is 11.1 Å². The molecule has 1 aromatic carbocycles. The molecule has 0 aromatic heterocycles. The molecule has 0 amide bonds. The maximum atomic E-state index is 12.4. The highest BCUT2D eigenvalue weighted by Crippen LogP contribution is 2.23. The molecule has 24 heavy (non-hydrogen) atoms. The lowest BCUT2D eigenvalue weighted by molar-refractivity contribution is -0.143. The van der Waals surface area contributed by atoms with Gasteiger partial charge in [-0.15, -0.1) is 0 Å². The Kier molecular flexibility index (Phi) is 6.10. The van der Waals surface area contributed by atoms with Crippen molar-refractivity contribution in [1.82, 2.24) is 4.90 Å². The van der Waals surface area contributed by atoms with Crippen molar-refractivity contribution in [3.05, 3.63) is 29.8 Å². The quantitative estimate of drug-likeness (QED) is 0.637. The first-order valence-electron chi connectivity index (χ1n) is 8.19. The molecule has 3 N–H and O–H groups in total. The van der Waals surface area contributed by atoms with Gasteiger partial charge in [0, 0.05) is 18.8 Å². The highest BCUT2D eigenvalue weighted by Gasteiger charge is 2.34. The lowest BCUT2D eigenvalue weighted by Gasteiger charge is -2.17. The minimum absolute atomic E-state index is 0.120. The van der Waals surface area contributed by atoms with E-state index in [9.17, 15) is 13.2 Å². The van der Waals surface area contributed by atoms with Crippen LogP contribution in [0.2, 0.25) is 0 Å². The predicted octanol–water partition coefficient (Wildman–Crippen LogP) is 3.42. The van der Waals surface area contributed by atoms with Gasteiger partial charge < -0.3 is 11.1 Å². The smallest absolute Gasteiger partial charge is 0.370 e. The molecule has 1 atom stereocenters. The molecule has 2 rings (SSSR count). The van der Waals surface area contributed by atoms with Gasteiger partial charge in [0.15, 0.2) is 5.96 Å². The lowest BCUT2D eigenvalue weighted by atomic mass is 10.0. The number of nitrogens with zero attached hydrogens (tertiary/aromatic N) is 2. The van der Waals surface area contributed by atoms with E-state index in [0.29, 0.717) is 31.5 Å². The van der Waals surface area contributed by atoms with Gasteiger partial charge in [-0.1, -0.05) is 26.0 Å². The number of halogens is 3. The van der Waals surface area contributed by atoms with E-state index in [0.717, 1.165) is 12.1 Å². The summed E-state index contributed by atoms with van der Waals surface area (Å²) in [7, 11) is 0. The molecular weight excluding hydrogens is 317 g/mol. The highest BCUT2D eigenvalue weighted by atomic mass is 19.4. The zero-order chi connectivity index (χ0) is 17.7. The van der Waals surface area contributed by atoms with Crippen molar-refractivity contribution in [1.29, 1.82) is 0 Å². The number of likely N-dealkylation sites (tertiary alicyclic amines) is 1. The van der Waals surface area contributed by atoms with E-state index in [1.165, 1.54) is 10.5 Å². The molecule has 0 saturated carbocycles. The fraction of sp³-hybridized carbons (Fsp3) is 0.588. The van der Waals surface area contributed by atoms with Crippen LogP contribution in [-0.2, 0) is 0 Å². The van der Waals surface area contributed by atoms with Crippen LogP contribution in [0.4, 0.5) is 18.9 Å². The van der Waals surface area contributed by atoms with Gasteiger partial charge in [0.2, 0.25) is 0 Å². The summed E-state index contributed by atoms with van der Waals surface area (Å²) in [4.78, 5) is 5.71. The molecule has 0 radical (unpaired) electrons. The number of aliphatic imine (C=N–C) groups is 1. The third-order valence-electron chi connectivity index (χ3n) is 4.12. The Hall–Kier alpha value is -1.76. The molecule has 134 valence electrons. The van der Waals surface area contributed by atoms with Crippen molar-refractivity contribution in [3.63, 3.8) is 0 Å². The van der Waals surface area contributed by atoms with Crippen LogP contribution in [-0.4, -0.2) is 43.2 Å². The first-order valence-corrected chi connectivity index (χ1v) is 8.19. The van der Waals surface area contributed by atoms with E-state index in [1.807, 2.05) is 18.2 Å². The number of hydrogen-bond acceptors (Lipinski definition) is 2. The Morgan fingerprint density at radius 1 is 1.42 bits per heavy atom. The number of alkyl halides is 3. The minimum Gasteiger partial charge on any atom is -0.370 e. The number of nitrogens with one attached hydrogen (secondary N) is 1. The molecule has 0 spiro atoms. The van der Waals surface area contributed by atoms with E-state index in [2.05, 4.69) is 30.2 Å². The molecular formula is C17H25F3N4. The Labute approximate surface area is 140 Å². The fourth-order valence-corrected chi connectivity index (χ4v) is 2.85. The molecule has 1 aliphatic heterocycles. The largest absolute Gasteiger partial charge is 0.401 e. The number of anilines is 1.